The number of hydrogen-bond acceptors (Lipinski definition) is 2. The van der Waals surface area contributed by atoms with E-state index < -0.39 is 6.10 Å². The number of halogens is 1. The highest BCUT2D eigenvalue weighted by molar-refractivity contribution is 6.31. The smallest absolute Gasteiger partial charge is 0.0832 e. The zero-order chi connectivity index (χ0) is 12.3. The molecule has 17 heavy (non-hydrogen) atoms. The summed E-state index contributed by atoms with van der Waals surface area (Å²) in [4.78, 5) is 3.93. The van der Waals surface area contributed by atoms with E-state index in [1.165, 1.54) is 0 Å². The van der Waals surface area contributed by atoms with Crippen LogP contribution in [0.3, 0.4) is 0 Å². The van der Waals surface area contributed by atoms with E-state index in [0.29, 0.717) is 11.4 Å². The molecule has 0 amide bonds. The van der Waals surface area contributed by atoms with Crippen LogP contribution in [0.5, 0.6) is 0 Å². The van der Waals surface area contributed by atoms with Crippen LogP contribution in [-0.2, 0) is 6.42 Å². The van der Waals surface area contributed by atoms with Gasteiger partial charge in [0.25, 0.3) is 0 Å². The van der Waals surface area contributed by atoms with Crippen LogP contribution in [-0.4, -0.2) is 10.1 Å². The summed E-state index contributed by atoms with van der Waals surface area (Å²) in [5.41, 5.74) is 2.94. The van der Waals surface area contributed by atoms with Crippen molar-refractivity contribution in [1.29, 1.82) is 0 Å². The maximum absolute atomic E-state index is 10.1. The number of aromatic nitrogens is 1. The van der Waals surface area contributed by atoms with Gasteiger partial charge in [0.05, 0.1) is 6.10 Å². The van der Waals surface area contributed by atoms with E-state index in [4.69, 9.17) is 11.6 Å². The second-order valence-corrected chi connectivity index (χ2v) is 4.50. The van der Waals surface area contributed by atoms with E-state index in [0.717, 1.165) is 16.7 Å². The zero-order valence-electron chi connectivity index (χ0n) is 9.60. The van der Waals surface area contributed by atoms with Gasteiger partial charge in [0.1, 0.15) is 0 Å². The predicted octanol–water partition coefficient (Wildman–Crippen LogP) is 3.32. The first-order valence-electron chi connectivity index (χ1n) is 5.50. The number of pyridine rings is 1. The van der Waals surface area contributed by atoms with Gasteiger partial charge in [-0.05, 0) is 41.8 Å². The minimum atomic E-state index is -0.543. The monoisotopic (exact) mass is 247 g/mol. The molecule has 0 saturated carbocycles. The third-order valence-electron chi connectivity index (χ3n) is 2.71. The van der Waals surface area contributed by atoms with E-state index in [1.54, 1.807) is 12.4 Å². The Hall–Kier alpha value is -1.38. The summed E-state index contributed by atoms with van der Waals surface area (Å²) in [6, 6.07) is 9.50. The van der Waals surface area contributed by atoms with Gasteiger partial charge in [0.15, 0.2) is 0 Å². The van der Waals surface area contributed by atoms with Gasteiger partial charge in [-0.3, -0.25) is 4.98 Å². The van der Waals surface area contributed by atoms with Crippen LogP contribution in [0.15, 0.2) is 42.7 Å². The Morgan fingerprint density at radius 2 is 1.94 bits per heavy atom. The highest BCUT2D eigenvalue weighted by Crippen LogP contribution is 2.24. The first-order chi connectivity index (χ1) is 8.16. The van der Waals surface area contributed by atoms with Crippen molar-refractivity contribution in [3.8, 4) is 0 Å². The largest absolute Gasteiger partial charge is 0.388 e. The number of aliphatic hydroxyl groups excluding tert-OH is 1. The number of hydrogen-bond donors (Lipinski definition) is 1. The number of benzene rings is 1. The summed E-state index contributed by atoms with van der Waals surface area (Å²) in [5, 5.41) is 10.8. The molecule has 1 aromatic heterocycles. The van der Waals surface area contributed by atoms with Crippen molar-refractivity contribution in [2.75, 3.05) is 0 Å². The standard InChI is InChI=1S/C14H14ClNO/c1-10-2-3-12(13(15)8-10)9-14(17)11-4-6-16-7-5-11/h2-8,14,17H,9H2,1H3. The third-order valence-corrected chi connectivity index (χ3v) is 3.06. The average molecular weight is 248 g/mol. The molecular weight excluding hydrogens is 234 g/mol. The summed E-state index contributed by atoms with van der Waals surface area (Å²) in [5.74, 6) is 0. The Bertz CT molecular complexity index is 499. The topological polar surface area (TPSA) is 33.1 Å². The summed E-state index contributed by atoms with van der Waals surface area (Å²) in [6.45, 7) is 1.99. The summed E-state index contributed by atoms with van der Waals surface area (Å²) in [6.07, 6.45) is 3.33. The normalized spacial score (nSPS) is 12.4. The van der Waals surface area contributed by atoms with Crippen LogP contribution < -0.4 is 0 Å². The van der Waals surface area contributed by atoms with Crippen molar-refractivity contribution >= 4 is 11.6 Å². The molecule has 2 rings (SSSR count). The molecule has 0 fully saturated rings. The number of aliphatic hydroxyl groups is 1. The van der Waals surface area contributed by atoms with E-state index in [-0.39, 0.29) is 0 Å². The van der Waals surface area contributed by atoms with Gasteiger partial charge in [-0.15, -0.1) is 0 Å². The predicted molar refractivity (Wildman–Crippen MR) is 69.1 cm³/mol. The van der Waals surface area contributed by atoms with Gasteiger partial charge in [-0.2, -0.15) is 0 Å². The summed E-state index contributed by atoms with van der Waals surface area (Å²) >= 11 is 6.14. The second-order valence-electron chi connectivity index (χ2n) is 4.10. The molecule has 1 atom stereocenters. The fourth-order valence-corrected chi connectivity index (χ4v) is 2.04. The molecule has 2 aromatic rings. The lowest BCUT2D eigenvalue weighted by Gasteiger charge is -2.12. The molecule has 1 N–H and O–H groups in total. The van der Waals surface area contributed by atoms with Crippen LogP contribution in [0, 0.1) is 6.92 Å². The molecule has 0 aliphatic rings. The molecular formula is C14H14ClNO. The van der Waals surface area contributed by atoms with E-state index in [1.807, 2.05) is 37.3 Å². The number of aryl methyl sites for hydroxylation is 1. The Morgan fingerprint density at radius 1 is 1.24 bits per heavy atom. The number of nitrogens with zero attached hydrogens (tertiary/aromatic N) is 1. The quantitative estimate of drug-likeness (QED) is 0.903. The van der Waals surface area contributed by atoms with Crippen LogP contribution >= 0.6 is 11.6 Å². The molecule has 88 valence electrons. The van der Waals surface area contributed by atoms with Crippen LogP contribution in [0.2, 0.25) is 5.02 Å². The Labute approximate surface area is 106 Å². The highest BCUT2D eigenvalue weighted by Gasteiger charge is 2.10. The van der Waals surface area contributed by atoms with Crippen LogP contribution in [0.4, 0.5) is 0 Å². The van der Waals surface area contributed by atoms with E-state index in [9.17, 15) is 5.11 Å². The van der Waals surface area contributed by atoms with Crippen molar-refractivity contribution < 1.29 is 5.11 Å². The molecule has 0 aliphatic heterocycles. The van der Waals surface area contributed by atoms with Gasteiger partial charge in [0, 0.05) is 23.8 Å². The fraction of sp³-hybridized carbons (Fsp3) is 0.214. The Kier molecular flexibility index (Phi) is 3.77. The van der Waals surface area contributed by atoms with Crippen LogP contribution in [0.25, 0.3) is 0 Å². The molecule has 2 nitrogen and oxygen atoms in total. The van der Waals surface area contributed by atoms with E-state index >= 15 is 0 Å². The molecule has 0 aliphatic carbocycles. The average Bonchev–Trinajstić information content (AvgIpc) is 2.34. The highest BCUT2D eigenvalue weighted by atomic mass is 35.5. The maximum Gasteiger partial charge on any atom is 0.0832 e. The van der Waals surface area contributed by atoms with Crippen molar-refractivity contribution in [3.05, 3.63) is 64.4 Å². The van der Waals surface area contributed by atoms with E-state index in [2.05, 4.69) is 4.98 Å². The molecule has 0 radical (unpaired) electrons. The molecule has 0 saturated heterocycles. The fourth-order valence-electron chi connectivity index (χ4n) is 1.73. The molecule has 1 aromatic carbocycles. The second kappa shape index (κ2) is 5.30. The van der Waals surface area contributed by atoms with Crippen molar-refractivity contribution in [2.24, 2.45) is 0 Å². The minimum Gasteiger partial charge on any atom is -0.388 e. The maximum atomic E-state index is 10.1. The molecule has 3 heteroatoms. The first-order valence-corrected chi connectivity index (χ1v) is 5.87. The molecule has 1 unspecified atom stereocenters. The van der Waals surface area contributed by atoms with Crippen molar-refractivity contribution in [1.82, 2.24) is 4.98 Å². The lowest BCUT2D eigenvalue weighted by molar-refractivity contribution is 0.178. The SMILES string of the molecule is Cc1ccc(CC(O)c2ccncc2)c(Cl)c1. The van der Waals surface area contributed by atoms with Crippen molar-refractivity contribution in [2.45, 2.75) is 19.4 Å². The summed E-state index contributed by atoms with van der Waals surface area (Å²) < 4.78 is 0. The molecule has 1 heterocycles. The number of rotatable bonds is 3. The zero-order valence-corrected chi connectivity index (χ0v) is 10.4. The Morgan fingerprint density at radius 3 is 2.59 bits per heavy atom. The molecule has 0 spiro atoms. The lowest BCUT2D eigenvalue weighted by Crippen LogP contribution is -2.02. The Balaban J connectivity index is 2.16. The molecule has 0 bridgehead atoms. The van der Waals surface area contributed by atoms with Gasteiger partial charge in [-0.25, -0.2) is 0 Å². The first kappa shape index (κ1) is 12.1. The lowest BCUT2D eigenvalue weighted by atomic mass is 10.0. The van der Waals surface area contributed by atoms with Gasteiger partial charge in [0.2, 0.25) is 0 Å². The summed E-state index contributed by atoms with van der Waals surface area (Å²) in [7, 11) is 0. The van der Waals surface area contributed by atoms with Gasteiger partial charge in [-0.1, -0.05) is 23.7 Å². The minimum absolute atomic E-state index is 0.517. The van der Waals surface area contributed by atoms with Crippen LogP contribution in [0.1, 0.15) is 22.8 Å². The van der Waals surface area contributed by atoms with Crippen molar-refractivity contribution in [3.63, 3.8) is 0 Å². The third kappa shape index (κ3) is 3.05. The van der Waals surface area contributed by atoms with Gasteiger partial charge >= 0.3 is 0 Å². The van der Waals surface area contributed by atoms with Gasteiger partial charge < -0.3 is 5.11 Å².